The van der Waals surface area contributed by atoms with Gasteiger partial charge in [-0.3, -0.25) is 14.9 Å². The molecule has 0 aromatic heterocycles. The number of anilines is 1. The molecule has 2 N–H and O–H groups in total. The zero-order valence-corrected chi connectivity index (χ0v) is 13.4. The van der Waals surface area contributed by atoms with Crippen molar-refractivity contribution in [2.75, 3.05) is 18.0 Å². The van der Waals surface area contributed by atoms with Crippen LogP contribution in [0.25, 0.3) is 6.08 Å². The number of ether oxygens (including phenoxy) is 1. The van der Waals surface area contributed by atoms with Crippen LogP contribution in [0.5, 0.6) is 5.75 Å². The van der Waals surface area contributed by atoms with Gasteiger partial charge in [0.2, 0.25) is 0 Å². The number of hydrogen-bond donors (Lipinski definition) is 1. The lowest BCUT2D eigenvalue weighted by Gasteiger charge is -2.30. The van der Waals surface area contributed by atoms with E-state index in [-0.39, 0.29) is 17.4 Å². The summed E-state index contributed by atoms with van der Waals surface area (Å²) in [5, 5.41) is 10.7. The van der Waals surface area contributed by atoms with Gasteiger partial charge in [-0.15, -0.1) is 0 Å². The molecule has 2 aromatic carbocycles. The number of fused-ring (bicyclic) bond motifs is 1. The first kappa shape index (κ1) is 16.7. The van der Waals surface area contributed by atoms with Crippen molar-refractivity contribution in [2.24, 2.45) is 5.73 Å². The van der Waals surface area contributed by atoms with Gasteiger partial charge in [0.1, 0.15) is 0 Å². The quantitative estimate of drug-likeness (QED) is 0.513. The van der Waals surface area contributed by atoms with E-state index < -0.39 is 4.92 Å². The molecule has 128 valence electrons. The smallest absolute Gasteiger partial charge is 0.294 e. The molecule has 0 radical (unpaired) electrons. The van der Waals surface area contributed by atoms with Gasteiger partial charge >= 0.3 is 0 Å². The molecular formula is C18H17N3O4. The molecule has 3 rings (SSSR count). The van der Waals surface area contributed by atoms with E-state index >= 15 is 0 Å². The van der Waals surface area contributed by atoms with E-state index in [9.17, 15) is 14.9 Å². The number of amides is 1. The molecule has 1 amide bonds. The van der Waals surface area contributed by atoms with Gasteiger partial charge in [-0.2, -0.15) is 0 Å². The van der Waals surface area contributed by atoms with Crippen molar-refractivity contribution in [2.45, 2.75) is 6.42 Å². The molecule has 0 saturated carbocycles. The number of benzene rings is 2. The molecule has 0 unspecified atom stereocenters. The molecule has 25 heavy (non-hydrogen) atoms. The Balaban J connectivity index is 1.94. The summed E-state index contributed by atoms with van der Waals surface area (Å²) < 4.78 is 5.74. The van der Waals surface area contributed by atoms with E-state index in [0.29, 0.717) is 36.5 Å². The van der Waals surface area contributed by atoms with Crippen LogP contribution < -0.4 is 15.4 Å². The van der Waals surface area contributed by atoms with Crippen LogP contribution in [0.15, 0.2) is 54.3 Å². The SMILES string of the molecule is NCCCN1C(=O)/C(=C\c2ccc([N+](=O)[O-])cc2)Oc2ccccc21. The van der Waals surface area contributed by atoms with Gasteiger partial charge < -0.3 is 15.4 Å². The van der Waals surface area contributed by atoms with Gasteiger partial charge in [-0.05, 0) is 48.9 Å². The van der Waals surface area contributed by atoms with E-state index in [1.165, 1.54) is 12.1 Å². The number of carbonyl (C=O) groups excluding carboxylic acids is 1. The Morgan fingerprint density at radius 1 is 1.16 bits per heavy atom. The van der Waals surface area contributed by atoms with Crippen LogP contribution in [0.2, 0.25) is 0 Å². The predicted octanol–water partition coefficient (Wildman–Crippen LogP) is 2.71. The number of nitrogens with two attached hydrogens (primary N) is 1. The van der Waals surface area contributed by atoms with Crippen molar-refractivity contribution in [3.8, 4) is 5.75 Å². The monoisotopic (exact) mass is 339 g/mol. The molecule has 1 heterocycles. The number of para-hydroxylation sites is 2. The van der Waals surface area contributed by atoms with E-state index in [2.05, 4.69) is 0 Å². The molecule has 0 bridgehead atoms. The topological polar surface area (TPSA) is 98.7 Å². The maximum Gasteiger partial charge on any atom is 0.294 e. The Bertz CT molecular complexity index is 830. The molecule has 0 atom stereocenters. The molecule has 0 saturated heterocycles. The third-order valence-corrected chi connectivity index (χ3v) is 3.82. The summed E-state index contributed by atoms with van der Waals surface area (Å²) in [6, 6.07) is 13.2. The second-order valence-corrected chi connectivity index (χ2v) is 5.53. The van der Waals surface area contributed by atoms with Crippen LogP contribution in [0.4, 0.5) is 11.4 Å². The largest absolute Gasteiger partial charge is 0.449 e. The number of carbonyl (C=O) groups is 1. The average Bonchev–Trinajstić information content (AvgIpc) is 2.62. The van der Waals surface area contributed by atoms with Crippen LogP contribution in [0.1, 0.15) is 12.0 Å². The summed E-state index contributed by atoms with van der Waals surface area (Å²) >= 11 is 0. The Hall–Kier alpha value is -3.19. The molecule has 0 spiro atoms. The molecule has 7 heteroatoms. The van der Waals surface area contributed by atoms with Gasteiger partial charge in [0.05, 0.1) is 10.6 Å². The van der Waals surface area contributed by atoms with Crippen molar-refractivity contribution < 1.29 is 14.5 Å². The van der Waals surface area contributed by atoms with Crippen LogP contribution in [-0.2, 0) is 4.79 Å². The number of nitrogens with zero attached hydrogens (tertiary/aromatic N) is 2. The highest BCUT2D eigenvalue weighted by molar-refractivity contribution is 6.09. The van der Waals surface area contributed by atoms with Crippen molar-refractivity contribution in [1.29, 1.82) is 0 Å². The average molecular weight is 339 g/mol. The van der Waals surface area contributed by atoms with Gasteiger partial charge in [0.25, 0.3) is 11.6 Å². The molecular weight excluding hydrogens is 322 g/mol. The Morgan fingerprint density at radius 3 is 2.56 bits per heavy atom. The molecule has 0 fully saturated rings. The maximum atomic E-state index is 12.8. The minimum absolute atomic E-state index is 0.00652. The number of nitro groups is 1. The summed E-state index contributed by atoms with van der Waals surface area (Å²) in [6.07, 6.45) is 2.25. The fourth-order valence-corrected chi connectivity index (χ4v) is 2.58. The Kier molecular flexibility index (Phi) is 4.76. The van der Waals surface area contributed by atoms with Crippen LogP contribution >= 0.6 is 0 Å². The molecule has 2 aromatic rings. The first-order valence-corrected chi connectivity index (χ1v) is 7.85. The number of nitro benzene ring substituents is 1. The summed E-state index contributed by atoms with van der Waals surface area (Å²) in [5.74, 6) is 0.502. The predicted molar refractivity (Wildman–Crippen MR) is 94.2 cm³/mol. The van der Waals surface area contributed by atoms with Crippen LogP contribution in [0.3, 0.4) is 0 Å². The lowest BCUT2D eigenvalue weighted by atomic mass is 10.1. The highest BCUT2D eigenvalue weighted by Gasteiger charge is 2.29. The Morgan fingerprint density at radius 2 is 1.88 bits per heavy atom. The van der Waals surface area contributed by atoms with E-state index in [1.807, 2.05) is 18.2 Å². The normalized spacial score (nSPS) is 15.0. The third kappa shape index (κ3) is 3.51. The molecule has 1 aliphatic rings. The summed E-state index contributed by atoms with van der Waals surface area (Å²) in [5.41, 5.74) is 6.92. The number of hydrogen-bond acceptors (Lipinski definition) is 5. The second-order valence-electron chi connectivity index (χ2n) is 5.53. The minimum atomic E-state index is -0.468. The van der Waals surface area contributed by atoms with E-state index in [1.54, 1.807) is 29.2 Å². The van der Waals surface area contributed by atoms with Crippen molar-refractivity contribution >= 4 is 23.4 Å². The van der Waals surface area contributed by atoms with E-state index in [4.69, 9.17) is 10.5 Å². The lowest BCUT2D eigenvalue weighted by molar-refractivity contribution is -0.384. The highest BCUT2D eigenvalue weighted by Crippen LogP contribution is 2.35. The van der Waals surface area contributed by atoms with Crippen molar-refractivity contribution in [1.82, 2.24) is 0 Å². The molecule has 0 aliphatic carbocycles. The molecule has 1 aliphatic heterocycles. The second kappa shape index (κ2) is 7.14. The standard InChI is InChI=1S/C18H17N3O4/c19-10-3-11-20-15-4-1-2-5-16(15)25-17(18(20)22)12-13-6-8-14(9-7-13)21(23)24/h1-2,4-9,12H,3,10-11,19H2/b17-12+. The summed E-state index contributed by atoms with van der Waals surface area (Å²) in [6.45, 7) is 0.974. The first-order valence-electron chi connectivity index (χ1n) is 7.85. The van der Waals surface area contributed by atoms with Crippen molar-refractivity contribution in [3.63, 3.8) is 0 Å². The fourth-order valence-electron chi connectivity index (χ4n) is 2.58. The minimum Gasteiger partial charge on any atom is -0.449 e. The van der Waals surface area contributed by atoms with Gasteiger partial charge in [-0.25, -0.2) is 0 Å². The lowest BCUT2D eigenvalue weighted by Crippen LogP contribution is -2.38. The zero-order chi connectivity index (χ0) is 17.8. The molecule has 7 nitrogen and oxygen atoms in total. The fraction of sp³-hybridized carbons (Fsp3) is 0.167. The van der Waals surface area contributed by atoms with Crippen LogP contribution in [0, 0.1) is 10.1 Å². The number of rotatable bonds is 5. The van der Waals surface area contributed by atoms with Crippen LogP contribution in [-0.4, -0.2) is 23.9 Å². The van der Waals surface area contributed by atoms with Crippen molar-refractivity contribution in [3.05, 3.63) is 70.0 Å². The number of non-ortho nitro benzene ring substituents is 1. The van der Waals surface area contributed by atoms with Gasteiger partial charge in [0, 0.05) is 18.7 Å². The van der Waals surface area contributed by atoms with Gasteiger partial charge in [-0.1, -0.05) is 12.1 Å². The first-order chi connectivity index (χ1) is 12.1. The summed E-state index contributed by atoms with van der Waals surface area (Å²) in [4.78, 5) is 24.7. The summed E-state index contributed by atoms with van der Waals surface area (Å²) in [7, 11) is 0. The third-order valence-electron chi connectivity index (χ3n) is 3.82. The van der Waals surface area contributed by atoms with Gasteiger partial charge in [0.15, 0.2) is 11.5 Å². The zero-order valence-electron chi connectivity index (χ0n) is 13.4. The maximum absolute atomic E-state index is 12.8. The highest BCUT2D eigenvalue weighted by atomic mass is 16.6. The Labute approximate surface area is 144 Å². The van der Waals surface area contributed by atoms with E-state index in [0.717, 1.165) is 0 Å².